The molecule has 58 heavy (non-hydrogen) atoms. The summed E-state index contributed by atoms with van der Waals surface area (Å²) in [7, 11) is 0. The van der Waals surface area contributed by atoms with Crippen molar-refractivity contribution < 1.29 is 33.5 Å². The molecule has 0 spiro atoms. The molecule has 1 N–H and O–H groups in total. The van der Waals surface area contributed by atoms with Crippen LogP contribution in [0.2, 0.25) is 0 Å². The highest BCUT2D eigenvalue weighted by Crippen LogP contribution is 2.41. The van der Waals surface area contributed by atoms with E-state index in [-0.39, 0.29) is 42.3 Å². The predicted octanol–water partition coefficient (Wildman–Crippen LogP) is 9.84. The maximum Gasteiger partial charge on any atom is 0.189 e. The lowest BCUT2D eigenvalue weighted by Crippen LogP contribution is -2.48. The van der Waals surface area contributed by atoms with Crippen molar-refractivity contribution in [3.63, 3.8) is 0 Å². The molecule has 3 unspecified atom stereocenters. The van der Waals surface area contributed by atoms with Crippen molar-refractivity contribution in [2.24, 2.45) is 4.99 Å². The molecule has 0 radical (unpaired) electrons. The molecule has 2 aromatic rings. The summed E-state index contributed by atoms with van der Waals surface area (Å²) < 4.78 is 42.5. The number of aryl methyl sites for hydroxylation is 1. The second kappa shape index (κ2) is 22.3. The number of aliphatic imine (C=N–C) groups is 1. The molecule has 3 aliphatic carbocycles. The Labute approximate surface area is 370 Å². The van der Waals surface area contributed by atoms with E-state index in [9.17, 15) is 5.11 Å². The van der Waals surface area contributed by atoms with Gasteiger partial charge in [0.05, 0.1) is 70.3 Å². The second-order valence-electron chi connectivity index (χ2n) is 16.9. The van der Waals surface area contributed by atoms with E-state index in [4.69, 9.17) is 28.4 Å². The van der Waals surface area contributed by atoms with E-state index in [1.165, 1.54) is 37.7 Å². The van der Waals surface area contributed by atoms with Crippen LogP contribution < -0.4 is 0 Å². The summed E-state index contributed by atoms with van der Waals surface area (Å²) in [6.07, 6.45) is 26.7. The SMILES string of the molecule is CC1=C(Br)C=NC1.Cc1c(Br)cnn1CC1(OC2CC[CH+]CO2)CCC1.Cc1nn(CC2(OC3CCCCO3)CCC2)cc1Br.OCC1(OC2CCCCO2)CCC1. The van der Waals surface area contributed by atoms with Gasteiger partial charge in [0.2, 0.25) is 0 Å². The van der Waals surface area contributed by atoms with Gasteiger partial charge in [0.1, 0.15) is 6.42 Å². The Morgan fingerprint density at radius 2 is 1.34 bits per heavy atom. The average Bonchev–Trinajstić information content (AvgIpc) is 3.84. The lowest BCUT2D eigenvalue weighted by molar-refractivity contribution is -0.255. The van der Waals surface area contributed by atoms with Gasteiger partial charge in [-0.2, -0.15) is 10.2 Å². The number of rotatable bonds is 11. The third-order valence-electron chi connectivity index (χ3n) is 12.3. The Hall–Kier alpha value is -1.14. The Bertz CT molecular complexity index is 1590. The smallest absolute Gasteiger partial charge is 0.189 e. The van der Waals surface area contributed by atoms with Gasteiger partial charge in [-0.3, -0.25) is 14.4 Å². The molecule has 3 saturated heterocycles. The summed E-state index contributed by atoms with van der Waals surface area (Å²) >= 11 is 10.4. The monoisotopic (exact) mass is 1000 g/mol. The number of nitrogens with zero attached hydrogens (tertiary/aromatic N) is 5. The van der Waals surface area contributed by atoms with Crippen molar-refractivity contribution in [1.29, 1.82) is 0 Å². The zero-order valence-electron chi connectivity index (χ0n) is 34.8. The first kappa shape index (κ1) is 46.4. The lowest BCUT2D eigenvalue weighted by Gasteiger charge is -2.44. The normalized spacial score (nSPS) is 26.6. The van der Waals surface area contributed by atoms with Crippen LogP contribution in [0, 0.1) is 20.3 Å². The molecule has 12 nitrogen and oxygen atoms in total. The average molecular weight is 1000 g/mol. The van der Waals surface area contributed by atoms with Crippen molar-refractivity contribution >= 4 is 54.0 Å². The van der Waals surface area contributed by atoms with Gasteiger partial charge in [-0.15, -0.1) is 0 Å². The lowest BCUT2D eigenvalue weighted by atomic mass is 9.79. The van der Waals surface area contributed by atoms with Crippen LogP contribution in [0.4, 0.5) is 0 Å². The first-order chi connectivity index (χ1) is 28.0. The van der Waals surface area contributed by atoms with Gasteiger partial charge in [-0.1, -0.05) is 0 Å². The van der Waals surface area contributed by atoms with Crippen molar-refractivity contribution in [3.05, 3.63) is 49.2 Å². The maximum atomic E-state index is 9.19. The number of ether oxygens (including phenoxy) is 6. The minimum atomic E-state index is -0.248. The van der Waals surface area contributed by atoms with Gasteiger partial charge >= 0.3 is 0 Å². The molecule has 0 aromatic carbocycles. The Balaban J connectivity index is 0.000000137. The molecule has 0 bridgehead atoms. The molecule has 0 amide bonds. The summed E-state index contributed by atoms with van der Waals surface area (Å²) in [4.78, 5) is 4.00. The second-order valence-corrected chi connectivity index (χ2v) is 19.5. The van der Waals surface area contributed by atoms with Gasteiger partial charge in [0.25, 0.3) is 0 Å². The zero-order chi connectivity index (χ0) is 41.0. The van der Waals surface area contributed by atoms with Crippen LogP contribution in [-0.4, -0.2) is 99.5 Å². The number of aromatic nitrogens is 4. The molecule has 2 aromatic heterocycles. The van der Waals surface area contributed by atoms with Crippen molar-refractivity contribution in [3.8, 4) is 0 Å². The fourth-order valence-corrected chi connectivity index (χ4v) is 8.84. The van der Waals surface area contributed by atoms with Gasteiger partial charge in [0, 0.05) is 42.2 Å². The number of aliphatic hydroxyl groups is 1. The summed E-state index contributed by atoms with van der Waals surface area (Å²) in [6, 6.07) is 0. The van der Waals surface area contributed by atoms with E-state index in [1.54, 1.807) is 0 Å². The van der Waals surface area contributed by atoms with Gasteiger partial charge in [-0.25, -0.2) is 0 Å². The van der Waals surface area contributed by atoms with Crippen molar-refractivity contribution in [1.82, 2.24) is 19.6 Å². The topological polar surface area (TPSA) is 124 Å². The number of hydrogen-bond donors (Lipinski definition) is 1. The molecule has 324 valence electrons. The number of aliphatic hydroxyl groups excluding tert-OH is 1. The Kier molecular flexibility index (Phi) is 17.8. The third kappa shape index (κ3) is 13.2. The summed E-state index contributed by atoms with van der Waals surface area (Å²) in [5, 5.41) is 18.1. The third-order valence-corrected chi connectivity index (χ3v) is 14.7. The zero-order valence-corrected chi connectivity index (χ0v) is 39.5. The highest BCUT2D eigenvalue weighted by molar-refractivity contribution is 9.12. The van der Waals surface area contributed by atoms with E-state index in [1.807, 2.05) is 34.9 Å². The highest BCUT2D eigenvalue weighted by atomic mass is 79.9. The van der Waals surface area contributed by atoms with Gasteiger partial charge in [0.15, 0.2) is 25.5 Å². The van der Waals surface area contributed by atoms with Crippen molar-refractivity contribution in [2.75, 3.05) is 33.0 Å². The molecule has 3 saturated carbocycles. The molecular formula is C43H65Br3N5O7+. The minimum absolute atomic E-state index is 0.00542. The van der Waals surface area contributed by atoms with E-state index in [0.717, 1.165) is 135 Å². The summed E-state index contributed by atoms with van der Waals surface area (Å²) in [5.41, 5.74) is 3.14. The Morgan fingerprint density at radius 3 is 1.72 bits per heavy atom. The number of halogens is 3. The summed E-state index contributed by atoms with van der Waals surface area (Å²) in [5.74, 6) is 0. The highest BCUT2D eigenvalue weighted by Gasteiger charge is 2.43. The van der Waals surface area contributed by atoms with Crippen LogP contribution in [0.5, 0.6) is 0 Å². The van der Waals surface area contributed by atoms with Gasteiger partial charge in [-0.05, 0) is 170 Å². The molecule has 3 atom stereocenters. The minimum Gasteiger partial charge on any atom is -0.393 e. The predicted molar refractivity (Wildman–Crippen MR) is 235 cm³/mol. The standard InChI is InChI=1S/C14H21BrN2O2.C14H20BrN2O2.C10H18O3.C5H6BrN/c1-11-12(15)9-17(16-11)10-14(6-4-7-14)19-13-5-2-3-8-18-13;1-11-12(15)9-16-17(11)10-14(6-4-7-14)19-13-5-2-3-8-18-13;11-8-10(5-3-6-10)13-9-4-1-2-7-12-9;1-4-2-7-3-5(4)6/h9,13H,2-8,10H2,1H3;3,9,13H,2,4-8,10H2,1H3;9,11H,1-8H2;3H,2H2,1H3/q;+1;;. The fourth-order valence-electron chi connectivity index (χ4n) is 7.96. The molecule has 9 rings (SSSR count). The van der Waals surface area contributed by atoms with Crippen molar-refractivity contribution in [2.45, 2.75) is 179 Å². The van der Waals surface area contributed by atoms with Crippen LogP contribution in [0.3, 0.4) is 0 Å². The van der Waals surface area contributed by atoms with E-state index in [2.05, 4.69) is 83.2 Å². The largest absolute Gasteiger partial charge is 0.393 e. The van der Waals surface area contributed by atoms with Crippen LogP contribution in [0.1, 0.15) is 127 Å². The maximum absolute atomic E-state index is 9.19. The van der Waals surface area contributed by atoms with Crippen LogP contribution in [0.25, 0.3) is 0 Å². The van der Waals surface area contributed by atoms with E-state index < -0.39 is 0 Å². The molecular weight excluding hydrogens is 938 g/mol. The van der Waals surface area contributed by atoms with Gasteiger partial charge < -0.3 is 33.5 Å². The fraction of sp³-hybridized carbons (Fsp3) is 0.767. The molecule has 6 heterocycles. The quantitative estimate of drug-likeness (QED) is 0.219. The molecule has 4 aliphatic heterocycles. The first-order valence-corrected chi connectivity index (χ1v) is 23.9. The van der Waals surface area contributed by atoms with E-state index in [0.29, 0.717) is 6.61 Å². The Morgan fingerprint density at radius 1 is 0.759 bits per heavy atom. The number of allylic oxidation sites excluding steroid dienone is 1. The summed E-state index contributed by atoms with van der Waals surface area (Å²) in [6.45, 7) is 11.2. The van der Waals surface area contributed by atoms with Crippen LogP contribution in [0.15, 0.2) is 36.4 Å². The number of hydrogen-bond acceptors (Lipinski definition) is 10. The van der Waals surface area contributed by atoms with Crippen LogP contribution in [-0.2, 0) is 41.5 Å². The molecule has 6 fully saturated rings. The van der Waals surface area contributed by atoms with E-state index >= 15 is 0 Å². The first-order valence-electron chi connectivity index (χ1n) is 21.5. The molecule has 7 aliphatic rings. The van der Waals surface area contributed by atoms with Crippen LogP contribution >= 0.6 is 47.8 Å². The molecule has 15 heteroatoms.